The first-order chi connectivity index (χ1) is 28.7. The first kappa shape index (κ1) is 33.3. The van der Waals surface area contributed by atoms with Crippen molar-refractivity contribution in [1.82, 2.24) is 0 Å². The smallest absolute Gasteiger partial charge is 0.0540 e. The molecular formula is C56H42N2. The summed E-state index contributed by atoms with van der Waals surface area (Å²) in [7, 11) is 0. The van der Waals surface area contributed by atoms with Crippen LogP contribution in [0.15, 0.2) is 170 Å². The van der Waals surface area contributed by atoms with Crippen LogP contribution >= 0.6 is 0 Å². The van der Waals surface area contributed by atoms with E-state index in [9.17, 15) is 0 Å². The van der Waals surface area contributed by atoms with Gasteiger partial charge in [0.1, 0.15) is 0 Å². The Kier molecular flexibility index (Phi) is 7.50. The highest BCUT2D eigenvalue weighted by atomic mass is 15.2. The van der Waals surface area contributed by atoms with Gasteiger partial charge in [0.15, 0.2) is 0 Å². The largest absolute Gasteiger partial charge is 0.341 e. The molecule has 2 aliphatic carbocycles. The van der Waals surface area contributed by atoms with Crippen LogP contribution in [-0.4, -0.2) is 6.54 Å². The number of fused-ring (bicyclic) bond motifs is 10. The molecule has 276 valence electrons. The predicted octanol–water partition coefficient (Wildman–Crippen LogP) is 14.1. The van der Waals surface area contributed by atoms with Gasteiger partial charge in [-0.15, -0.1) is 0 Å². The zero-order chi connectivity index (χ0) is 38.2. The standard InChI is InChI=1S/C56H42N2/c1-2-16-44-37-56(36-43(44)15-1)50-34-38(26-31-47(50)48-32-30-45(35-51(48)56)57-33-11-18-40-12-3-6-21-52(40)57)25-27-39-17-9-20-49-46(39)19-10-24-55(49)58-53-22-7-4-13-41(53)28-29-42-14-5-8-23-54(42)58/h1-10,12-17,19-32,34-35H,11,18,33,36-37H2/b27-25+. The van der Waals surface area contributed by atoms with E-state index in [0.29, 0.717) is 0 Å². The highest BCUT2D eigenvalue weighted by molar-refractivity contribution is 6.05. The highest BCUT2D eigenvalue weighted by Crippen LogP contribution is 2.57. The average Bonchev–Trinajstić information content (AvgIpc) is 3.74. The monoisotopic (exact) mass is 742 g/mol. The Morgan fingerprint density at radius 1 is 0.466 bits per heavy atom. The summed E-state index contributed by atoms with van der Waals surface area (Å²) in [5.41, 5.74) is 21.1. The molecule has 1 spiro atoms. The molecule has 2 nitrogen and oxygen atoms in total. The van der Waals surface area contributed by atoms with Crippen molar-refractivity contribution in [3.8, 4) is 11.1 Å². The lowest BCUT2D eigenvalue weighted by Crippen LogP contribution is -2.27. The lowest BCUT2D eigenvalue weighted by Gasteiger charge is -2.33. The van der Waals surface area contributed by atoms with Gasteiger partial charge in [0, 0.05) is 28.7 Å². The molecule has 0 saturated heterocycles. The summed E-state index contributed by atoms with van der Waals surface area (Å²) < 4.78 is 0. The average molecular weight is 743 g/mol. The lowest BCUT2D eigenvalue weighted by atomic mass is 9.75. The van der Waals surface area contributed by atoms with Crippen LogP contribution in [0.25, 0.3) is 46.2 Å². The van der Waals surface area contributed by atoms with Crippen molar-refractivity contribution in [3.63, 3.8) is 0 Å². The zero-order valence-corrected chi connectivity index (χ0v) is 32.4. The molecule has 0 bridgehead atoms. The minimum Gasteiger partial charge on any atom is -0.341 e. The second kappa shape index (κ2) is 13.1. The van der Waals surface area contributed by atoms with Crippen LogP contribution in [0, 0.1) is 0 Å². The molecule has 8 aromatic carbocycles. The van der Waals surface area contributed by atoms with Crippen LogP contribution in [0.2, 0.25) is 0 Å². The van der Waals surface area contributed by atoms with Crippen molar-refractivity contribution in [2.24, 2.45) is 0 Å². The zero-order valence-electron chi connectivity index (χ0n) is 32.4. The Labute approximate surface area is 340 Å². The third-order valence-corrected chi connectivity index (χ3v) is 13.3. The van der Waals surface area contributed by atoms with Crippen LogP contribution in [-0.2, 0) is 24.7 Å². The summed E-state index contributed by atoms with van der Waals surface area (Å²) in [5, 5.41) is 2.47. The maximum absolute atomic E-state index is 2.56. The molecule has 0 atom stereocenters. The molecule has 0 saturated carbocycles. The summed E-state index contributed by atoms with van der Waals surface area (Å²) in [6.07, 6.45) is 13.5. The molecule has 12 rings (SSSR count). The SMILES string of the molecule is C1=Cc2ccccc2N(c2cccc3c(/C=C/c4ccc5c(c4)C4(Cc6ccccc6C4)c4cc(N6CCCc7ccccc76)ccc4-5)cccc23)c2ccccc21. The van der Waals surface area contributed by atoms with Crippen molar-refractivity contribution in [1.29, 1.82) is 0 Å². The van der Waals surface area contributed by atoms with Crippen LogP contribution in [0.3, 0.4) is 0 Å². The van der Waals surface area contributed by atoms with Gasteiger partial charge in [0.2, 0.25) is 0 Å². The van der Waals surface area contributed by atoms with E-state index in [4.69, 9.17) is 0 Å². The van der Waals surface area contributed by atoms with Crippen molar-refractivity contribution in [2.75, 3.05) is 16.3 Å². The topological polar surface area (TPSA) is 6.48 Å². The van der Waals surface area contributed by atoms with Crippen LogP contribution in [0.4, 0.5) is 28.4 Å². The fourth-order valence-electron chi connectivity index (χ4n) is 10.6. The van der Waals surface area contributed by atoms with Crippen LogP contribution < -0.4 is 9.80 Å². The minimum absolute atomic E-state index is 0.0908. The number of benzene rings is 8. The summed E-state index contributed by atoms with van der Waals surface area (Å²) in [4.78, 5) is 5.00. The number of nitrogens with zero attached hydrogens (tertiary/aromatic N) is 2. The van der Waals surface area contributed by atoms with Gasteiger partial charge in [-0.05, 0) is 129 Å². The highest BCUT2D eigenvalue weighted by Gasteiger charge is 2.47. The molecule has 0 amide bonds. The summed E-state index contributed by atoms with van der Waals surface area (Å²) in [6.45, 7) is 1.05. The number of aryl methyl sites for hydroxylation is 1. The van der Waals surface area contributed by atoms with E-state index in [0.717, 1.165) is 25.8 Å². The maximum atomic E-state index is 2.56. The van der Waals surface area contributed by atoms with Gasteiger partial charge >= 0.3 is 0 Å². The number of hydrogen-bond donors (Lipinski definition) is 0. The second-order valence-electron chi connectivity index (χ2n) is 16.5. The Morgan fingerprint density at radius 2 is 1.07 bits per heavy atom. The molecule has 2 heteroatoms. The molecule has 4 aliphatic rings. The predicted molar refractivity (Wildman–Crippen MR) is 245 cm³/mol. The lowest BCUT2D eigenvalue weighted by molar-refractivity contribution is 0.563. The molecule has 0 radical (unpaired) electrons. The first-order valence-electron chi connectivity index (χ1n) is 20.8. The quantitative estimate of drug-likeness (QED) is 0.166. The molecule has 58 heavy (non-hydrogen) atoms. The van der Waals surface area contributed by atoms with Gasteiger partial charge in [0.05, 0.1) is 17.1 Å². The summed E-state index contributed by atoms with van der Waals surface area (Å²) in [6, 6.07) is 63.6. The van der Waals surface area contributed by atoms with Crippen molar-refractivity contribution in [3.05, 3.63) is 220 Å². The van der Waals surface area contributed by atoms with Crippen LogP contribution in [0.5, 0.6) is 0 Å². The van der Waals surface area contributed by atoms with E-state index in [1.165, 1.54) is 107 Å². The van der Waals surface area contributed by atoms with Gasteiger partial charge in [-0.25, -0.2) is 0 Å². The molecular weight excluding hydrogens is 701 g/mol. The Morgan fingerprint density at radius 3 is 1.83 bits per heavy atom. The minimum atomic E-state index is -0.0908. The van der Waals surface area contributed by atoms with Gasteiger partial charge in [-0.2, -0.15) is 0 Å². The van der Waals surface area contributed by atoms with Gasteiger partial charge in [-0.1, -0.05) is 158 Å². The third kappa shape index (κ3) is 5.11. The maximum Gasteiger partial charge on any atom is 0.0540 e. The third-order valence-electron chi connectivity index (χ3n) is 13.3. The normalized spacial score (nSPS) is 15.5. The fraction of sp³-hybridized carbons (Fsp3) is 0.107. The van der Waals surface area contributed by atoms with Crippen molar-refractivity contribution in [2.45, 2.75) is 31.1 Å². The van der Waals surface area contributed by atoms with E-state index in [-0.39, 0.29) is 5.41 Å². The van der Waals surface area contributed by atoms with Crippen LogP contribution in [0.1, 0.15) is 56.5 Å². The van der Waals surface area contributed by atoms with Crippen molar-refractivity contribution >= 4 is 63.5 Å². The van der Waals surface area contributed by atoms with E-state index >= 15 is 0 Å². The Bertz CT molecular complexity index is 2940. The molecule has 0 fully saturated rings. The number of hydrogen-bond acceptors (Lipinski definition) is 2. The first-order valence-corrected chi connectivity index (χ1v) is 20.8. The van der Waals surface area contributed by atoms with Gasteiger partial charge < -0.3 is 9.80 Å². The van der Waals surface area contributed by atoms with Gasteiger partial charge in [0.25, 0.3) is 0 Å². The van der Waals surface area contributed by atoms with E-state index in [2.05, 4.69) is 204 Å². The summed E-state index contributed by atoms with van der Waals surface area (Å²) in [5.74, 6) is 0. The second-order valence-corrected chi connectivity index (χ2v) is 16.5. The number of anilines is 5. The molecule has 0 aromatic heterocycles. The van der Waals surface area contributed by atoms with Crippen molar-refractivity contribution < 1.29 is 0 Å². The van der Waals surface area contributed by atoms with Gasteiger partial charge in [-0.3, -0.25) is 0 Å². The van der Waals surface area contributed by atoms with E-state index in [1.807, 2.05) is 0 Å². The molecule has 2 heterocycles. The summed E-state index contributed by atoms with van der Waals surface area (Å²) >= 11 is 0. The Balaban J connectivity index is 0.945. The molecule has 0 N–H and O–H groups in total. The number of para-hydroxylation sites is 3. The molecule has 2 aliphatic heterocycles. The number of rotatable bonds is 4. The fourth-order valence-corrected chi connectivity index (χ4v) is 10.6. The molecule has 0 unspecified atom stereocenters. The van der Waals surface area contributed by atoms with E-state index < -0.39 is 0 Å². The molecule has 8 aromatic rings. The van der Waals surface area contributed by atoms with E-state index in [1.54, 1.807) is 0 Å². The Hall–Kier alpha value is -6.90.